The van der Waals surface area contributed by atoms with Crippen molar-refractivity contribution in [3.8, 4) is 0 Å². The van der Waals surface area contributed by atoms with Gasteiger partial charge in [0.2, 0.25) is 0 Å². The van der Waals surface area contributed by atoms with Gasteiger partial charge in [-0.2, -0.15) is 0 Å². The molecule has 0 spiro atoms. The summed E-state index contributed by atoms with van der Waals surface area (Å²) in [7, 11) is 7.32. The molecular formula is C11H29B5O5. The molecular weight excluding hydrogens is 266 g/mol. The van der Waals surface area contributed by atoms with Crippen LogP contribution in [0.3, 0.4) is 0 Å². The minimum absolute atomic E-state index is 0.0681. The van der Waals surface area contributed by atoms with E-state index in [0.717, 1.165) is 13.7 Å². The van der Waals surface area contributed by atoms with Gasteiger partial charge in [-0.05, 0) is 13.8 Å². The van der Waals surface area contributed by atoms with Crippen molar-refractivity contribution in [3.05, 3.63) is 0 Å². The van der Waals surface area contributed by atoms with E-state index in [1.165, 1.54) is 0 Å². The maximum Gasteiger partial charge on any atom is 0.180 e. The minimum Gasteiger partial charge on any atom is -0.385 e. The maximum atomic E-state index is 5.81. The molecule has 0 aliphatic heterocycles. The predicted octanol–water partition coefficient (Wildman–Crippen LogP) is -2.96. The van der Waals surface area contributed by atoms with Gasteiger partial charge < -0.3 is 23.7 Å². The van der Waals surface area contributed by atoms with Crippen molar-refractivity contribution in [1.29, 1.82) is 0 Å². The summed E-state index contributed by atoms with van der Waals surface area (Å²) in [6, 6.07) is 0. The lowest BCUT2D eigenvalue weighted by Gasteiger charge is -2.23. The second-order valence-corrected chi connectivity index (χ2v) is 5.30. The van der Waals surface area contributed by atoms with Gasteiger partial charge in [-0.15, -0.1) is 0 Å². The summed E-state index contributed by atoms with van der Waals surface area (Å²) in [4.78, 5) is 0. The first-order chi connectivity index (χ1) is 10.1. The molecule has 0 N–H and O–H groups in total. The molecule has 10 heteroatoms. The first-order valence-electron chi connectivity index (χ1n) is 8.14. The average Bonchev–Trinajstić information content (AvgIpc) is 2.46. The summed E-state index contributed by atoms with van der Waals surface area (Å²) in [6.07, 6.45) is -0.408. The first kappa shape index (κ1) is 21.1. The monoisotopic (exact) mass is 296 g/mol. The van der Waals surface area contributed by atoms with E-state index in [4.69, 9.17) is 23.7 Å². The highest BCUT2D eigenvalue weighted by atomic mass is 16.7. The highest BCUT2D eigenvalue weighted by Gasteiger charge is 2.16. The Kier molecular flexibility index (Phi) is 15.1. The van der Waals surface area contributed by atoms with Gasteiger partial charge in [0.25, 0.3) is 0 Å². The second kappa shape index (κ2) is 15.0. The second-order valence-electron chi connectivity index (χ2n) is 5.30. The molecule has 0 aliphatic rings. The highest BCUT2D eigenvalue weighted by Crippen LogP contribution is 2.02. The molecule has 0 radical (unpaired) electrons. The molecule has 0 fully saturated rings. The first-order valence-corrected chi connectivity index (χ1v) is 8.14. The summed E-state index contributed by atoms with van der Waals surface area (Å²) in [5.74, 6) is 0. The van der Waals surface area contributed by atoms with Gasteiger partial charge in [0.15, 0.2) is 6.29 Å². The smallest absolute Gasteiger partial charge is 0.180 e. The third-order valence-corrected chi connectivity index (χ3v) is 2.60. The van der Waals surface area contributed by atoms with Crippen molar-refractivity contribution in [2.45, 2.75) is 26.2 Å². The molecule has 2 unspecified atom stereocenters. The summed E-state index contributed by atoms with van der Waals surface area (Å²) in [5.41, 5.74) is 0. The molecule has 0 heterocycles. The third-order valence-electron chi connectivity index (χ3n) is 2.60. The van der Waals surface area contributed by atoms with Gasteiger partial charge in [-0.25, -0.2) is 0 Å². The van der Waals surface area contributed by atoms with Crippen LogP contribution in [-0.2, 0) is 23.7 Å². The molecule has 0 amide bonds. The zero-order valence-corrected chi connectivity index (χ0v) is 14.4. The Labute approximate surface area is 133 Å². The largest absolute Gasteiger partial charge is 0.385 e. The van der Waals surface area contributed by atoms with Crippen molar-refractivity contribution in [2.75, 3.05) is 46.0 Å². The molecule has 5 nitrogen and oxygen atoms in total. The molecule has 0 aromatic rings. The fraction of sp³-hybridized carbons (Fsp3) is 1.00. The zero-order chi connectivity index (χ0) is 15.9. The van der Waals surface area contributed by atoms with Gasteiger partial charge >= 0.3 is 0 Å². The number of ether oxygens (including phenoxy) is 5. The van der Waals surface area contributed by atoms with Crippen molar-refractivity contribution in [1.82, 2.24) is 0 Å². The molecule has 0 aromatic heterocycles. The zero-order valence-electron chi connectivity index (χ0n) is 14.4. The van der Waals surface area contributed by atoms with Crippen molar-refractivity contribution >= 4 is 36.9 Å². The Bertz CT molecular complexity index is 225. The van der Waals surface area contributed by atoms with Crippen LogP contribution in [0.5, 0.6) is 0 Å². The van der Waals surface area contributed by atoms with E-state index in [2.05, 4.69) is 23.2 Å². The van der Waals surface area contributed by atoms with Crippen molar-refractivity contribution in [2.24, 2.45) is 0 Å². The summed E-state index contributed by atoms with van der Waals surface area (Å²) < 4.78 is 28.0. The Balaban J connectivity index is 4.10. The highest BCUT2D eigenvalue weighted by molar-refractivity contribution is 7.29. The molecule has 0 saturated carbocycles. The predicted molar refractivity (Wildman–Crippen MR) is 97.0 cm³/mol. The van der Waals surface area contributed by atoms with Gasteiger partial charge in [0, 0.05) is 26.2 Å². The van der Waals surface area contributed by atoms with E-state index in [-0.39, 0.29) is 12.4 Å². The molecule has 0 aromatic carbocycles. The molecule has 0 rings (SSSR count). The third kappa shape index (κ3) is 13.5. The van der Waals surface area contributed by atoms with Gasteiger partial charge in [-0.1, -0.05) is 0 Å². The van der Waals surface area contributed by atoms with Gasteiger partial charge in [-0.3, -0.25) is 0 Å². The Morgan fingerprint density at radius 3 is 2.29 bits per heavy atom. The van der Waals surface area contributed by atoms with Crippen LogP contribution in [0.15, 0.2) is 0 Å². The van der Waals surface area contributed by atoms with Crippen LogP contribution in [0.25, 0.3) is 0 Å². The number of hydrogen-bond donors (Lipinski definition) is 0. The lowest BCUT2D eigenvalue weighted by atomic mass is 9.20. The van der Waals surface area contributed by atoms with Crippen LogP contribution in [0, 0.1) is 0 Å². The van der Waals surface area contributed by atoms with Crippen molar-refractivity contribution < 1.29 is 23.7 Å². The summed E-state index contributed by atoms with van der Waals surface area (Å²) in [6.45, 7) is 8.55. The van der Waals surface area contributed by atoms with E-state index in [0.29, 0.717) is 46.0 Å². The summed E-state index contributed by atoms with van der Waals surface area (Å²) >= 11 is 0. The van der Waals surface area contributed by atoms with E-state index in [1.807, 2.05) is 13.8 Å². The van der Waals surface area contributed by atoms with E-state index in [1.54, 1.807) is 0 Å². The van der Waals surface area contributed by atoms with Crippen LogP contribution < -0.4 is 0 Å². The topological polar surface area (TPSA) is 46.2 Å². The van der Waals surface area contributed by atoms with E-state index < -0.39 is 0 Å². The Morgan fingerprint density at radius 1 is 0.952 bits per heavy atom. The van der Waals surface area contributed by atoms with E-state index in [9.17, 15) is 0 Å². The lowest BCUT2D eigenvalue weighted by Crippen LogP contribution is -2.35. The molecule has 0 bridgehead atoms. The number of hydrogen-bond acceptors (Lipinski definition) is 5. The molecule has 2 atom stereocenters. The maximum absolute atomic E-state index is 5.81. The number of rotatable bonds is 15. The SMILES string of the molecule is BBCOCC(OCC)OCC(COCC)OCB(B)B. The molecule has 0 saturated heterocycles. The normalized spacial score (nSPS) is 13.8. The molecule has 118 valence electrons. The van der Waals surface area contributed by atoms with Gasteiger partial charge in [0.05, 0.1) is 49.5 Å². The minimum atomic E-state index is -0.340. The lowest BCUT2D eigenvalue weighted by molar-refractivity contribution is -0.186. The quantitative estimate of drug-likeness (QED) is 0.184. The molecule has 21 heavy (non-hydrogen) atoms. The van der Waals surface area contributed by atoms with Gasteiger partial charge in [0.1, 0.15) is 13.3 Å². The standard InChI is InChI=1S/C11H29B5O5/c1-3-17-5-10(21-9-16(13)14)6-20-11(19-4-2)7-18-8-15-12/h10-11,15H,3-9,12-14H2,1-2H3. The van der Waals surface area contributed by atoms with E-state index >= 15 is 0 Å². The fourth-order valence-corrected chi connectivity index (χ4v) is 1.59. The van der Waals surface area contributed by atoms with Crippen LogP contribution in [0.1, 0.15) is 13.8 Å². The van der Waals surface area contributed by atoms with Crippen LogP contribution in [-0.4, -0.2) is 95.3 Å². The summed E-state index contributed by atoms with van der Waals surface area (Å²) in [5, 5.41) is 0. The van der Waals surface area contributed by atoms with Crippen molar-refractivity contribution in [3.63, 3.8) is 0 Å². The molecule has 0 aliphatic carbocycles. The van der Waals surface area contributed by atoms with Crippen LogP contribution in [0.2, 0.25) is 0 Å². The van der Waals surface area contributed by atoms with Crippen LogP contribution >= 0.6 is 0 Å². The van der Waals surface area contributed by atoms with Crippen LogP contribution in [0.4, 0.5) is 0 Å². The fourth-order valence-electron chi connectivity index (χ4n) is 1.59. The Morgan fingerprint density at radius 2 is 1.71 bits per heavy atom. The average molecular weight is 295 g/mol. The Hall–Kier alpha value is 0.125.